The van der Waals surface area contributed by atoms with E-state index in [1.807, 2.05) is 0 Å². The fourth-order valence-electron chi connectivity index (χ4n) is 1.25. The Balaban J connectivity index is 2.42. The zero-order chi connectivity index (χ0) is 14.3. The molecule has 0 aliphatic rings. The van der Waals surface area contributed by atoms with Crippen LogP contribution in [0, 0.1) is 10.1 Å². The average molecular weight is 283 g/mol. The van der Waals surface area contributed by atoms with Gasteiger partial charge >= 0.3 is 5.97 Å². The van der Waals surface area contributed by atoms with E-state index < -0.39 is 10.9 Å². The molecule has 6 nitrogen and oxygen atoms in total. The van der Waals surface area contributed by atoms with Gasteiger partial charge in [-0.25, -0.2) is 0 Å². The molecule has 102 valence electrons. The van der Waals surface area contributed by atoms with E-state index in [2.05, 4.69) is 4.74 Å². The van der Waals surface area contributed by atoms with Crippen LogP contribution < -0.4 is 0 Å². The molecule has 0 amide bonds. The SMILES string of the molecule is CCOC(=O)CC(=O)CSc1ccc([N+](=O)[O-])cc1. The van der Waals surface area contributed by atoms with Gasteiger partial charge in [0.15, 0.2) is 5.78 Å². The second-order valence-electron chi connectivity index (χ2n) is 3.56. The van der Waals surface area contributed by atoms with Gasteiger partial charge in [-0.05, 0) is 19.1 Å². The molecule has 1 rings (SSSR count). The second-order valence-corrected chi connectivity index (χ2v) is 4.61. The van der Waals surface area contributed by atoms with Crippen LogP contribution in [0.5, 0.6) is 0 Å². The number of carbonyl (C=O) groups excluding carboxylic acids is 2. The van der Waals surface area contributed by atoms with Crippen LogP contribution in [-0.4, -0.2) is 29.0 Å². The first-order valence-corrected chi connectivity index (χ1v) is 6.56. The first-order valence-electron chi connectivity index (χ1n) is 5.57. The van der Waals surface area contributed by atoms with Crippen LogP contribution in [-0.2, 0) is 14.3 Å². The normalized spacial score (nSPS) is 9.95. The van der Waals surface area contributed by atoms with Crippen molar-refractivity contribution in [1.29, 1.82) is 0 Å². The monoisotopic (exact) mass is 283 g/mol. The fraction of sp³-hybridized carbons (Fsp3) is 0.333. The second kappa shape index (κ2) is 7.52. The maximum atomic E-state index is 11.4. The number of nitro groups is 1. The van der Waals surface area contributed by atoms with E-state index in [0.717, 1.165) is 4.90 Å². The van der Waals surface area contributed by atoms with Gasteiger partial charge in [0.1, 0.15) is 6.42 Å². The standard InChI is InChI=1S/C12H13NO5S/c1-2-18-12(15)7-10(14)8-19-11-5-3-9(4-6-11)13(16)17/h3-6H,2,7-8H2,1H3. The molecule has 0 saturated carbocycles. The van der Waals surface area contributed by atoms with E-state index in [9.17, 15) is 19.7 Å². The van der Waals surface area contributed by atoms with Crippen LogP contribution in [0.1, 0.15) is 13.3 Å². The number of ketones is 1. The summed E-state index contributed by atoms with van der Waals surface area (Å²) in [6.07, 6.45) is -0.242. The van der Waals surface area contributed by atoms with Gasteiger partial charge in [0.2, 0.25) is 0 Å². The molecule has 1 aromatic carbocycles. The van der Waals surface area contributed by atoms with Gasteiger partial charge in [0, 0.05) is 17.0 Å². The lowest BCUT2D eigenvalue weighted by Crippen LogP contribution is -2.12. The largest absolute Gasteiger partial charge is 0.466 e. The van der Waals surface area contributed by atoms with Gasteiger partial charge in [0.25, 0.3) is 5.69 Å². The van der Waals surface area contributed by atoms with E-state index in [-0.39, 0.29) is 30.3 Å². The minimum absolute atomic E-state index is 0.00204. The van der Waals surface area contributed by atoms with Crippen LogP contribution in [0.25, 0.3) is 0 Å². The quantitative estimate of drug-likeness (QED) is 0.251. The molecule has 0 aliphatic heterocycles. The van der Waals surface area contributed by atoms with Gasteiger partial charge in [-0.2, -0.15) is 0 Å². The Hall–Kier alpha value is -1.89. The molecular weight excluding hydrogens is 270 g/mol. The highest BCUT2D eigenvalue weighted by Gasteiger charge is 2.11. The van der Waals surface area contributed by atoms with Crippen molar-refractivity contribution in [1.82, 2.24) is 0 Å². The topological polar surface area (TPSA) is 86.5 Å². The number of non-ortho nitro benzene ring substituents is 1. The van der Waals surface area contributed by atoms with Crippen molar-refractivity contribution < 1.29 is 19.2 Å². The van der Waals surface area contributed by atoms with Crippen molar-refractivity contribution in [2.75, 3.05) is 12.4 Å². The van der Waals surface area contributed by atoms with Gasteiger partial charge in [-0.3, -0.25) is 19.7 Å². The first-order chi connectivity index (χ1) is 9.02. The van der Waals surface area contributed by atoms with E-state index >= 15 is 0 Å². The third-order valence-electron chi connectivity index (χ3n) is 2.09. The van der Waals surface area contributed by atoms with Crippen LogP contribution in [0.3, 0.4) is 0 Å². The zero-order valence-electron chi connectivity index (χ0n) is 10.3. The summed E-state index contributed by atoms with van der Waals surface area (Å²) < 4.78 is 4.66. The molecule has 19 heavy (non-hydrogen) atoms. The minimum atomic E-state index is -0.531. The number of nitrogens with zero attached hydrogens (tertiary/aromatic N) is 1. The van der Waals surface area contributed by atoms with Crippen molar-refractivity contribution in [2.24, 2.45) is 0 Å². The lowest BCUT2D eigenvalue weighted by atomic mass is 10.3. The Morgan fingerprint density at radius 3 is 2.47 bits per heavy atom. The maximum Gasteiger partial charge on any atom is 0.313 e. The zero-order valence-corrected chi connectivity index (χ0v) is 11.1. The molecule has 0 aromatic heterocycles. The Kier molecular flexibility index (Phi) is 6.01. The van der Waals surface area contributed by atoms with E-state index in [0.29, 0.717) is 0 Å². The van der Waals surface area contributed by atoms with Crippen LogP contribution >= 0.6 is 11.8 Å². The predicted octanol–water partition coefficient (Wildman–Crippen LogP) is 2.21. The number of Topliss-reactive ketones (excluding diaryl/α,β-unsaturated/α-hetero) is 1. The Bertz CT molecular complexity index is 472. The van der Waals surface area contributed by atoms with Crippen LogP contribution in [0.15, 0.2) is 29.2 Å². The lowest BCUT2D eigenvalue weighted by Gasteiger charge is -2.02. The number of hydrogen-bond donors (Lipinski definition) is 0. The summed E-state index contributed by atoms with van der Waals surface area (Å²) in [6, 6.07) is 5.89. The molecular formula is C12H13NO5S. The summed E-state index contributed by atoms with van der Waals surface area (Å²) in [7, 11) is 0. The number of nitro benzene ring substituents is 1. The number of ether oxygens (including phenoxy) is 1. The summed E-state index contributed by atoms with van der Waals surface area (Å²) in [4.78, 5) is 33.2. The number of benzene rings is 1. The summed E-state index contributed by atoms with van der Waals surface area (Å²) in [6.45, 7) is 1.93. The highest BCUT2D eigenvalue weighted by atomic mass is 32.2. The molecule has 0 unspecified atom stereocenters. The molecule has 7 heteroatoms. The minimum Gasteiger partial charge on any atom is -0.466 e. The van der Waals surface area contributed by atoms with Crippen molar-refractivity contribution in [3.63, 3.8) is 0 Å². The highest BCUT2D eigenvalue weighted by molar-refractivity contribution is 8.00. The Morgan fingerprint density at radius 1 is 1.32 bits per heavy atom. The molecule has 0 radical (unpaired) electrons. The summed E-state index contributed by atoms with van der Waals surface area (Å²) in [5, 5.41) is 10.5. The van der Waals surface area contributed by atoms with Crippen molar-refractivity contribution in [3.8, 4) is 0 Å². The molecule has 0 atom stereocenters. The summed E-state index contributed by atoms with van der Waals surface area (Å²) in [5.41, 5.74) is 0.00204. The maximum absolute atomic E-state index is 11.4. The summed E-state index contributed by atoms with van der Waals surface area (Å²) >= 11 is 1.23. The van der Waals surface area contributed by atoms with Gasteiger partial charge in [-0.1, -0.05) is 0 Å². The third-order valence-corrected chi connectivity index (χ3v) is 3.17. The molecule has 0 bridgehead atoms. The van der Waals surface area contributed by atoms with Crippen LogP contribution in [0.4, 0.5) is 5.69 Å². The number of thioether (sulfide) groups is 1. The fourth-order valence-corrected chi connectivity index (χ4v) is 2.01. The van der Waals surface area contributed by atoms with E-state index in [1.165, 1.54) is 23.9 Å². The third kappa shape index (κ3) is 5.52. The smallest absolute Gasteiger partial charge is 0.313 e. The lowest BCUT2D eigenvalue weighted by molar-refractivity contribution is -0.384. The van der Waals surface area contributed by atoms with Gasteiger partial charge in [0.05, 0.1) is 17.3 Å². The summed E-state index contributed by atoms with van der Waals surface area (Å²) in [5.74, 6) is -0.630. The first kappa shape index (κ1) is 15.2. The number of rotatable bonds is 7. The average Bonchev–Trinajstić information content (AvgIpc) is 2.37. The molecule has 0 aliphatic carbocycles. The van der Waals surface area contributed by atoms with Crippen molar-refractivity contribution in [2.45, 2.75) is 18.2 Å². The number of esters is 1. The molecule has 0 saturated heterocycles. The molecule has 1 aromatic rings. The number of carbonyl (C=O) groups is 2. The molecule has 0 heterocycles. The van der Waals surface area contributed by atoms with Crippen LogP contribution in [0.2, 0.25) is 0 Å². The van der Waals surface area contributed by atoms with Gasteiger partial charge in [-0.15, -0.1) is 11.8 Å². The van der Waals surface area contributed by atoms with E-state index in [4.69, 9.17) is 0 Å². The highest BCUT2D eigenvalue weighted by Crippen LogP contribution is 2.21. The Labute approximate surface area is 114 Å². The van der Waals surface area contributed by atoms with Crippen molar-refractivity contribution in [3.05, 3.63) is 34.4 Å². The predicted molar refractivity (Wildman–Crippen MR) is 70.1 cm³/mol. The molecule has 0 spiro atoms. The van der Waals surface area contributed by atoms with Crippen molar-refractivity contribution >= 4 is 29.2 Å². The Morgan fingerprint density at radius 2 is 1.95 bits per heavy atom. The van der Waals surface area contributed by atoms with Gasteiger partial charge < -0.3 is 4.74 Å². The van der Waals surface area contributed by atoms with E-state index in [1.54, 1.807) is 19.1 Å². The number of hydrogen-bond acceptors (Lipinski definition) is 6. The molecule has 0 fully saturated rings. The molecule has 0 N–H and O–H groups in total.